The van der Waals surface area contributed by atoms with Crippen molar-refractivity contribution in [1.29, 1.82) is 0 Å². The zero-order valence-electron chi connectivity index (χ0n) is 27.7. The van der Waals surface area contributed by atoms with Gasteiger partial charge in [0, 0.05) is 34.1 Å². The van der Waals surface area contributed by atoms with Crippen molar-refractivity contribution in [2.75, 3.05) is 9.80 Å². The fraction of sp³-hybridized carbons (Fsp3) is 0.182. The number of benzene rings is 6. The predicted octanol–water partition coefficient (Wildman–Crippen LogP) is 12.8. The van der Waals surface area contributed by atoms with Crippen molar-refractivity contribution < 1.29 is 0 Å². The monoisotopic (exact) mass is 600 g/mol. The molecule has 46 heavy (non-hydrogen) atoms. The molecule has 0 saturated heterocycles. The van der Waals surface area contributed by atoms with Gasteiger partial charge in [-0.15, -0.1) is 0 Å². The van der Waals surface area contributed by atoms with E-state index in [0.717, 1.165) is 34.9 Å². The van der Waals surface area contributed by atoms with Crippen LogP contribution in [0.15, 0.2) is 146 Å². The van der Waals surface area contributed by atoms with E-state index in [1.165, 1.54) is 45.5 Å². The first-order chi connectivity index (χ1) is 22.3. The van der Waals surface area contributed by atoms with Gasteiger partial charge >= 0.3 is 0 Å². The van der Waals surface area contributed by atoms with E-state index in [1.54, 1.807) is 0 Å². The van der Waals surface area contributed by atoms with E-state index in [0.29, 0.717) is 5.92 Å². The van der Waals surface area contributed by atoms with Crippen molar-refractivity contribution in [3.8, 4) is 11.1 Å². The molecule has 6 aromatic carbocycles. The Morgan fingerprint density at radius 3 is 0.913 bits per heavy atom. The Kier molecular flexibility index (Phi) is 9.36. The van der Waals surface area contributed by atoms with Gasteiger partial charge in [0.15, 0.2) is 0 Å². The van der Waals surface area contributed by atoms with E-state index in [1.807, 2.05) is 0 Å². The van der Waals surface area contributed by atoms with Crippen LogP contribution in [0.1, 0.15) is 42.5 Å². The van der Waals surface area contributed by atoms with Crippen LogP contribution in [0.25, 0.3) is 11.1 Å². The summed E-state index contributed by atoms with van der Waals surface area (Å²) in [4.78, 5) is 4.67. The van der Waals surface area contributed by atoms with Crippen molar-refractivity contribution in [3.63, 3.8) is 0 Å². The smallest absolute Gasteiger partial charge is 0.0462 e. The molecule has 6 rings (SSSR count). The van der Waals surface area contributed by atoms with Crippen LogP contribution in [0.3, 0.4) is 0 Å². The number of hydrogen-bond donors (Lipinski definition) is 0. The van der Waals surface area contributed by atoms with Crippen LogP contribution in [-0.2, 0) is 6.42 Å². The number of aryl methyl sites for hydroxylation is 4. The largest absolute Gasteiger partial charge is 0.311 e. The molecule has 6 aromatic rings. The molecule has 0 aromatic heterocycles. The number of rotatable bonds is 10. The van der Waals surface area contributed by atoms with Crippen LogP contribution in [0, 0.1) is 26.7 Å². The van der Waals surface area contributed by atoms with Gasteiger partial charge in [-0.2, -0.15) is 0 Å². The van der Waals surface area contributed by atoms with Gasteiger partial charge in [-0.1, -0.05) is 103 Å². The second kappa shape index (κ2) is 13.9. The average Bonchev–Trinajstić information content (AvgIpc) is 3.08. The van der Waals surface area contributed by atoms with Crippen LogP contribution in [0.4, 0.5) is 34.1 Å². The molecule has 0 N–H and O–H groups in total. The minimum atomic E-state index is 0.707. The molecule has 0 fully saturated rings. The van der Waals surface area contributed by atoms with Gasteiger partial charge in [0.05, 0.1) is 0 Å². The lowest BCUT2D eigenvalue weighted by Gasteiger charge is -2.26. The van der Waals surface area contributed by atoms with E-state index in [4.69, 9.17) is 0 Å². The lowest BCUT2D eigenvalue weighted by atomic mass is 10.0. The molecule has 0 aliphatic rings. The van der Waals surface area contributed by atoms with Gasteiger partial charge in [0.2, 0.25) is 0 Å². The third kappa shape index (κ3) is 7.24. The standard InChI is InChI=1S/C44H44N2/c1-32(2)6-13-36-14-26-42(27-15-36)46(41-24-11-35(5)12-25-41)44-30-18-38(19-31-44)37-16-28-43(29-17-37)45(39-20-7-33(3)8-21-39)40-22-9-34(4)10-23-40/h7-12,14-32H,6,13H2,1-5H3. The maximum Gasteiger partial charge on any atom is 0.0462 e. The summed E-state index contributed by atoms with van der Waals surface area (Å²) in [6.07, 6.45) is 2.32. The quantitative estimate of drug-likeness (QED) is 0.154. The van der Waals surface area contributed by atoms with Crippen LogP contribution in [-0.4, -0.2) is 0 Å². The molecule has 0 atom stereocenters. The molecule has 0 heterocycles. The Bertz CT molecular complexity index is 1790. The molecular formula is C44H44N2. The van der Waals surface area contributed by atoms with E-state index >= 15 is 0 Å². The third-order valence-corrected chi connectivity index (χ3v) is 8.67. The molecule has 0 aliphatic heterocycles. The Balaban J connectivity index is 1.29. The molecule has 0 amide bonds. The summed E-state index contributed by atoms with van der Waals surface area (Å²) in [5.74, 6) is 0.707. The SMILES string of the molecule is Cc1ccc(N(c2ccc(C)cc2)c2ccc(-c3ccc(N(c4ccc(C)cc4)c4ccc(CCC(C)C)cc4)cc3)cc2)cc1. The maximum atomic E-state index is 2.35. The van der Waals surface area contributed by atoms with Crippen LogP contribution in [0.2, 0.25) is 0 Å². The van der Waals surface area contributed by atoms with Crippen molar-refractivity contribution >= 4 is 34.1 Å². The summed E-state index contributed by atoms with van der Waals surface area (Å²) in [5.41, 5.74) is 14.5. The van der Waals surface area contributed by atoms with Crippen LogP contribution >= 0.6 is 0 Å². The van der Waals surface area contributed by atoms with Crippen molar-refractivity contribution in [3.05, 3.63) is 168 Å². The zero-order valence-corrected chi connectivity index (χ0v) is 27.7. The molecule has 230 valence electrons. The molecule has 0 saturated carbocycles. The first-order valence-electron chi connectivity index (χ1n) is 16.4. The van der Waals surface area contributed by atoms with Gasteiger partial charge < -0.3 is 9.80 Å². The predicted molar refractivity (Wildman–Crippen MR) is 199 cm³/mol. The van der Waals surface area contributed by atoms with Gasteiger partial charge in [0.1, 0.15) is 0 Å². The van der Waals surface area contributed by atoms with Crippen molar-refractivity contribution in [2.45, 2.75) is 47.5 Å². The molecule has 0 unspecified atom stereocenters. The molecule has 0 aliphatic carbocycles. The highest BCUT2D eigenvalue weighted by Gasteiger charge is 2.15. The van der Waals surface area contributed by atoms with E-state index in [9.17, 15) is 0 Å². The molecule has 0 bridgehead atoms. The third-order valence-electron chi connectivity index (χ3n) is 8.67. The average molecular weight is 601 g/mol. The number of hydrogen-bond acceptors (Lipinski definition) is 2. The van der Waals surface area contributed by atoms with Crippen LogP contribution in [0.5, 0.6) is 0 Å². The molecular weight excluding hydrogens is 556 g/mol. The Hall–Kier alpha value is -5.08. The molecule has 0 spiro atoms. The summed E-state index contributed by atoms with van der Waals surface area (Å²) in [5, 5.41) is 0. The highest BCUT2D eigenvalue weighted by Crippen LogP contribution is 2.38. The minimum Gasteiger partial charge on any atom is -0.311 e. The lowest BCUT2D eigenvalue weighted by Crippen LogP contribution is -2.10. The topological polar surface area (TPSA) is 6.48 Å². The summed E-state index contributed by atoms with van der Waals surface area (Å²) < 4.78 is 0. The maximum absolute atomic E-state index is 2.35. The lowest BCUT2D eigenvalue weighted by molar-refractivity contribution is 0.587. The Morgan fingerprint density at radius 2 is 0.630 bits per heavy atom. The highest BCUT2D eigenvalue weighted by atomic mass is 15.1. The number of anilines is 6. The second-order valence-electron chi connectivity index (χ2n) is 12.9. The first-order valence-corrected chi connectivity index (χ1v) is 16.4. The van der Waals surface area contributed by atoms with Crippen molar-refractivity contribution in [1.82, 2.24) is 0 Å². The fourth-order valence-electron chi connectivity index (χ4n) is 5.85. The second-order valence-corrected chi connectivity index (χ2v) is 12.9. The normalized spacial score (nSPS) is 11.1. The fourth-order valence-corrected chi connectivity index (χ4v) is 5.85. The van der Waals surface area contributed by atoms with E-state index in [2.05, 4.69) is 190 Å². The zero-order chi connectivity index (χ0) is 32.0. The molecule has 2 heteroatoms. The highest BCUT2D eigenvalue weighted by molar-refractivity contribution is 5.80. The van der Waals surface area contributed by atoms with E-state index in [-0.39, 0.29) is 0 Å². The summed E-state index contributed by atoms with van der Waals surface area (Å²) >= 11 is 0. The molecule has 0 radical (unpaired) electrons. The van der Waals surface area contributed by atoms with Gasteiger partial charge in [0.25, 0.3) is 0 Å². The van der Waals surface area contributed by atoms with Gasteiger partial charge in [-0.25, -0.2) is 0 Å². The first kappa shape index (κ1) is 30.9. The van der Waals surface area contributed by atoms with Gasteiger partial charge in [-0.3, -0.25) is 0 Å². The van der Waals surface area contributed by atoms with E-state index < -0.39 is 0 Å². The van der Waals surface area contributed by atoms with Crippen LogP contribution < -0.4 is 9.80 Å². The van der Waals surface area contributed by atoms with Crippen molar-refractivity contribution in [2.24, 2.45) is 5.92 Å². The summed E-state index contributed by atoms with van der Waals surface area (Å²) in [6, 6.07) is 53.2. The minimum absolute atomic E-state index is 0.707. The summed E-state index contributed by atoms with van der Waals surface area (Å²) in [6.45, 7) is 11.0. The Labute approximate surface area is 275 Å². The number of nitrogens with zero attached hydrogens (tertiary/aromatic N) is 2. The Morgan fingerprint density at radius 1 is 0.370 bits per heavy atom. The summed E-state index contributed by atoms with van der Waals surface area (Å²) in [7, 11) is 0. The van der Waals surface area contributed by atoms with Gasteiger partial charge in [-0.05, 0) is 129 Å². The molecule has 2 nitrogen and oxygen atoms in total.